The molecular weight excluding hydrogens is 232 g/mol. The van der Waals surface area contributed by atoms with Gasteiger partial charge in [0.2, 0.25) is 0 Å². The van der Waals surface area contributed by atoms with Crippen LogP contribution in [0.3, 0.4) is 0 Å². The monoisotopic (exact) mass is 248 g/mol. The molecule has 0 aromatic carbocycles. The van der Waals surface area contributed by atoms with Gasteiger partial charge in [0.1, 0.15) is 5.69 Å². The fourth-order valence-corrected chi connectivity index (χ4v) is 2.61. The van der Waals surface area contributed by atoms with E-state index in [-0.39, 0.29) is 0 Å². The number of rotatable bonds is 5. The lowest BCUT2D eigenvalue weighted by atomic mass is 10.1. The third-order valence-corrected chi connectivity index (χ3v) is 3.68. The fraction of sp³-hybridized carbons (Fsp3) is 0.385. The highest BCUT2D eigenvalue weighted by Gasteiger charge is 2.14. The molecule has 0 spiro atoms. The van der Waals surface area contributed by atoms with Crippen LogP contribution in [0, 0.1) is 0 Å². The van der Waals surface area contributed by atoms with Crippen LogP contribution in [0.4, 0.5) is 0 Å². The summed E-state index contributed by atoms with van der Waals surface area (Å²) in [6.07, 6.45) is 4.80. The van der Waals surface area contributed by atoms with E-state index in [1.165, 1.54) is 0 Å². The minimum absolute atomic E-state index is 0.376. The number of carbonyl (C=O) groups is 1. The van der Waals surface area contributed by atoms with Crippen LogP contribution >= 0.6 is 11.3 Å². The number of nitrogens with zero attached hydrogens (tertiary/aromatic N) is 2. The van der Waals surface area contributed by atoms with Gasteiger partial charge in [0.15, 0.2) is 6.29 Å². The van der Waals surface area contributed by atoms with Crippen molar-refractivity contribution in [1.29, 1.82) is 0 Å². The molecular formula is C13H16N2OS. The molecule has 0 amide bonds. The van der Waals surface area contributed by atoms with Gasteiger partial charge in [-0.15, -0.1) is 0 Å². The Bertz CT molecular complexity index is 483. The number of hydrogen-bond acceptors (Lipinski definition) is 3. The Morgan fingerprint density at radius 2 is 2.24 bits per heavy atom. The zero-order valence-electron chi connectivity index (χ0n) is 10.1. The van der Waals surface area contributed by atoms with Crippen molar-refractivity contribution in [3.8, 4) is 11.3 Å². The van der Waals surface area contributed by atoms with Crippen molar-refractivity contribution in [3.63, 3.8) is 0 Å². The number of carbonyl (C=O) groups excluding carboxylic acids is 1. The second-order valence-electron chi connectivity index (χ2n) is 4.01. The molecule has 2 aromatic rings. The number of aldehydes is 1. The highest BCUT2D eigenvalue weighted by molar-refractivity contribution is 7.08. The fourth-order valence-electron chi connectivity index (χ4n) is 1.97. The zero-order valence-corrected chi connectivity index (χ0v) is 10.9. The molecule has 0 radical (unpaired) electrons. The van der Waals surface area contributed by atoms with Gasteiger partial charge in [0.05, 0.1) is 11.6 Å². The predicted molar refractivity (Wildman–Crippen MR) is 70.5 cm³/mol. The smallest absolute Gasteiger partial charge is 0.153 e. The molecule has 0 bridgehead atoms. The van der Waals surface area contributed by atoms with Crippen LogP contribution in [-0.4, -0.2) is 16.1 Å². The second kappa shape index (κ2) is 5.27. The van der Waals surface area contributed by atoms with Gasteiger partial charge in [0, 0.05) is 17.1 Å². The molecule has 2 heterocycles. The second-order valence-corrected chi connectivity index (χ2v) is 4.79. The minimum Gasteiger partial charge on any atom is -0.298 e. The summed E-state index contributed by atoms with van der Waals surface area (Å²) in [4.78, 5) is 11.1. The SMILES string of the molecule is CCC(CC)n1cc(C=O)c(-c2ccsc2)n1. The predicted octanol–water partition coefficient (Wildman–Crippen LogP) is 3.79. The van der Waals surface area contributed by atoms with Crippen LogP contribution in [0.2, 0.25) is 0 Å². The molecule has 0 aliphatic carbocycles. The van der Waals surface area contributed by atoms with Gasteiger partial charge in [-0.2, -0.15) is 16.4 Å². The molecule has 0 saturated heterocycles. The maximum atomic E-state index is 11.1. The van der Waals surface area contributed by atoms with E-state index in [0.717, 1.165) is 30.4 Å². The molecule has 0 fully saturated rings. The zero-order chi connectivity index (χ0) is 12.3. The van der Waals surface area contributed by atoms with Gasteiger partial charge < -0.3 is 0 Å². The lowest BCUT2D eigenvalue weighted by Crippen LogP contribution is -2.07. The molecule has 3 nitrogen and oxygen atoms in total. The molecule has 4 heteroatoms. The average Bonchev–Trinajstić information content (AvgIpc) is 2.98. The normalized spacial score (nSPS) is 11.0. The van der Waals surface area contributed by atoms with Crippen LogP contribution < -0.4 is 0 Å². The summed E-state index contributed by atoms with van der Waals surface area (Å²) in [5.41, 5.74) is 2.50. The molecule has 0 saturated carbocycles. The quantitative estimate of drug-likeness (QED) is 0.755. The molecule has 0 aliphatic rings. The van der Waals surface area contributed by atoms with Gasteiger partial charge in [0.25, 0.3) is 0 Å². The summed E-state index contributed by atoms with van der Waals surface area (Å²) in [6.45, 7) is 4.28. The first-order chi connectivity index (χ1) is 8.30. The molecule has 2 rings (SSSR count). The van der Waals surface area contributed by atoms with E-state index >= 15 is 0 Å². The Morgan fingerprint density at radius 1 is 1.47 bits per heavy atom. The van der Waals surface area contributed by atoms with Crippen molar-refractivity contribution in [2.45, 2.75) is 32.7 Å². The van der Waals surface area contributed by atoms with Gasteiger partial charge in [-0.05, 0) is 24.3 Å². The standard InChI is InChI=1S/C13H16N2OS/c1-3-12(4-2)15-7-11(8-16)13(14-15)10-5-6-17-9-10/h5-9,12H,3-4H2,1-2H3. The topological polar surface area (TPSA) is 34.9 Å². The largest absolute Gasteiger partial charge is 0.298 e. The summed E-state index contributed by atoms with van der Waals surface area (Å²) in [7, 11) is 0. The minimum atomic E-state index is 0.376. The molecule has 0 unspecified atom stereocenters. The Labute approximate surface area is 105 Å². The van der Waals surface area contributed by atoms with Gasteiger partial charge in [-0.1, -0.05) is 13.8 Å². The first-order valence-corrected chi connectivity index (χ1v) is 6.81. The maximum absolute atomic E-state index is 11.1. The van der Waals surface area contributed by atoms with Gasteiger partial charge in [-0.3, -0.25) is 9.48 Å². The summed E-state index contributed by atoms with van der Waals surface area (Å²) in [5, 5.41) is 8.58. The Hall–Kier alpha value is -1.42. The van der Waals surface area contributed by atoms with Crippen LogP contribution in [0.5, 0.6) is 0 Å². The van der Waals surface area contributed by atoms with E-state index in [4.69, 9.17) is 0 Å². The number of hydrogen-bond donors (Lipinski definition) is 0. The van der Waals surface area contributed by atoms with Crippen LogP contribution in [0.25, 0.3) is 11.3 Å². The summed E-state index contributed by atoms with van der Waals surface area (Å²) in [5.74, 6) is 0. The molecule has 0 atom stereocenters. The first-order valence-electron chi connectivity index (χ1n) is 5.87. The highest BCUT2D eigenvalue weighted by Crippen LogP contribution is 2.25. The molecule has 0 N–H and O–H groups in total. The highest BCUT2D eigenvalue weighted by atomic mass is 32.1. The van der Waals surface area contributed by atoms with Crippen molar-refractivity contribution in [3.05, 3.63) is 28.6 Å². The Balaban J connectivity index is 2.43. The molecule has 17 heavy (non-hydrogen) atoms. The van der Waals surface area contributed by atoms with E-state index in [0.29, 0.717) is 11.6 Å². The van der Waals surface area contributed by atoms with Crippen molar-refractivity contribution >= 4 is 17.6 Å². The third-order valence-electron chi connectivity index (χ3n) is 3.00. The van der Waals surface area contributed by atoms with Crippen molar-refractivity contribution in [2.24, 2.45) is 0 Å². The van der Waals surface area contributed by atoms with E-state index in [1.807, 2.05) is 27.7 Å². The summed E-state index contributed by atoms with van der Waals surface area (Å²) < 4.78 is 1.93. The van der Waals surface area contributed by atoms with E-state index in [1.54, 1.807) is 11.3 Å². The van der Waals surface area contributed by atoms with Crippen LogP contribution in [0.15, 0.2) is 23.0 Å². The van der Waals surface area contributed by atoms with E-state index < -0.39 is 0 Å². The average molecular weight is 248 g/mol. The van der Waals surface area contributed by atoms with Crippen LogP contribution in [0.1, 0.15) is 43.1 Å². The Morgan fingerprint density at radius 3 is 2.76 bits per heavy atom. The van der Waals surface area contributed by atoms with Crippen molar-refractivity contribution in [2.75, 3.05) is 0 Å². The van der Waals surface area contributed by atoms with Gasteiger partial charge in [-0.25, -0.2) is 0 Å². The number of aromatic nitrogens is 2. The van der Waals surface area contributed by atoms with E-state index in [9.17, 15) is 4.79 Å². The summed E-state index contributed by atoms with van der Waals surface area (Å²) in [6, 6.07) is 2.37. The first kappa shape index (κ1) is 12.0. The summed E-state index contributed by atoms with van der Waals surface area (Å²) >= 11 is 1.62. The lowest BCUT2D eigenvalue weighted by molar-refractivity contribution is 0.112. The van der Waals surface area contributed by atoms with E-state index in [2.05, 4.69) is 18.9 Å². The van der Waals surface area contributed by atoms with Crippen LogP contribution in [-0.2, 0) is 0 Å². The van der Waals surface area contributed by atoms with Gasteiger partial charge >= 0.3 is 0 Å². The third kappa shape index (κ3) is 2.31. The molecule has 2 aromatic heterocycles. The lowest BCUT2D eigenvalue weighted by Gasteiger charge is -2.12. The maximum Gasteiger partial charge on any atom is 0.153 e. The van der Waals surface area contributed by atoms with Crippen molar-refractivity contribution in [1.82, 2.24) is 9.78 Å². The Kier molecular flexibility index (Phi) is 3.74. The molecule has 0 aliphatic heterocycles. The number of thiophene rings is 1. The molecule has 90 valence electrons. The van der Waals surface area contributed by atoms with Crippen molar-refractivity contribution < 1.29 is 4.79 Å².